The summed E-state index contributed by atoms with van der Waals surface area (Å²) in [7, 11) is 0. The van der Waals surface area contributed by atoms with Crippen LogP contribution in [0.2, 0.25) is 0 Å². The second-order valence-electron chi connectivity index (χ2n) is 3.98. The maximum absolute atomic E-state index is 6.23. The third-order valence-electron chi connectivity index (χ3n) is 2.85. The molecule has 2 heterocycles. The number of aromatic nitrogens is 2. The molecule has 4 nitrogen and oxygen atoms in total. The molecule has 0 aliphatic carbocycles. The Morgan fingerprint density at radius 1 is 1.67 bits per heavy atom. The van der Waals surface area contributed by atoms with Crippen LogP contribution in [0, 0.1) is 5.92 Å². The van der Waals surface area contributed by atoms with E-state index in [1.807, 2.05) is 0 Å². The smallest absolute Gasteiger partial charge is 0.0803 e. The Balaban J connectivity index is 2.09. The number of nitrogens with two attached hydrogens (primary N) is 1. The lowest BCUT2D eigenvalue weighted by atomic mass is 9.97. The van der Waals surface area contributed by atoms with Crippen molar-refractivity contribution in [2.75, 3.05) is 13.2 Å². The summed E-state index contributed by atoms with van der Waals surface area (Å²) in [5.74, 6) is 0.447. The molecule has 0 radical (unpaired) electrons. The molecule has 1 aromatic heterocycles. The fraction of sp³-hybridized carbons (Fsp3) is 0.800. The Labute approximate surface area is 94.0 Å². The van der Waals surface area contributed by atoms with Crippen molar-refractivity contribution >= 4 is 11.5 Å². The molecule has 0 bridgehead atoms. The first-order valence-corrected chi connectivity index (χ1v) is 6.24. The van der Waals surface area contributed by atoms with Crippen LogP contribution in [0.5, 0.6) is 0 Å². The molecule has 0 spiro atoms. The van der Waals surface area contributed by atoms with Crippen molar-refractivity contribution in [2.24, 2.45) is 11.7 Å². The van der Waals surface area contributed by atoms with E-state index in [9.17, 15) is 0 Å². The summed E-state index contributed by atoms with van der Waals surface area (Å²) in [4.78, 5) is 1.16. The van der Waals surface area contributed by atoms with Gasteiger partial charge in [0.2, 0.25) is 0 Å². The van der Waals surface area contributed by atoms with E-state index in [1.165, 1.54) is 11.5 Å². The summed E-state index contributed by atoms with van der Waals surface area (Å²) in [6.07, 6.45) is 3.13. The number of hydrogen-bond donors (Lipinski definition) is 1. The van der Waals surface area contributed by atoms with Gasteiger partial charge in [-0.25, -0.2) is 0 Å². The zero-order chi connectivity index (χ0) is 10.7. The molecule has 0 amide bonds. The molecule has 1 saturated heterocycles. The van der Waals surface area contributed by atoms with Crippen molar-refractivity contribution in [1.29, 1.82) is 0 Å². The first-order valence-electron chi connectivity index (χ1n) is 5.47. The van der Waals surface area contributed by atoms with Gasteiger partial charge in [0.15, 0.2) is 0 Å². The lowest BCUT2D eigenvalue weighted by Gasteiger charge is -2.16. The minimum atomic E-state index is 0.0639. The van der Waals surface area contributed by atoms with Crippen LogP contribution in [0.1, 0.15) is 36.4 Å². The van der Waals surface area contributed by atoms with Crippen LogP contribution in [0.25, 0.3) is 0 Å². The van der Waals surface area contributed by atoms with E-state index in [-0.39, 0.29) is 6.04 Å². The normalized spacial score (nSPS) is 23.2. The summed E-state index contributed by atoms with van der Waals surface area (Å²) in [6.45, 7) is 3.77. The molecule has 1 aromatic rings. The number of ether oxygens (including phenoxy) is 1. The SMILES string of the molecule is CCCc1nnsc1C(N)C1CCOC1. The highest BCUT2D eigenvalue weighted by atomic mass is 32.1. The summed E-state index contributed by atoms with van der Waals surface area (Å²) in [5.41, 5.74) is 7.31. The maximum Gasteiger partial charge on any atom is 0.0803 e. The standard InChI is InChI=1S/C10H17N3OS/c1-2-3-8-10(15-13-12-8)9(11)7-4-5-14-6-7/h7,9H,2-6,11H2,1H3. The fourth-order valence-electron chi connectivity index (χ4n) is 1.93. The lowest BCUT2D eigenvalue weighted by Crippen LogP contribution is -2.21. The van der Waals surface area contributed by atoms with Gasteiger partial charge in [-0.05, 0) is 24.4 Å². The van der Waals surface area contributed by atoms with Gasteiger partial charge < -0.3 is 10.5 Å². The number of rotatable bonds is 4. The number of nitrogens with zero attached hydrogens (tertiary/aromatic N) is 2. The van der Waals surface area contributed by atoms with E-state index in [4.69, 9.17) is 10.5 Å². The maximum atomic E-state index is 6.23. The van der Waals surface area contributed by atoms with Crippen molar-refractivity contribution in [3.63, 3.8) is 0 Å². The van der Waals surface area contributed by atoms with Gasteiger partial charge in [0, 0.05) is 18.6 Å². The van der Waals surface area contributed by atoms with E-state index in [0.717, 1.165) is 43.0 Å². The summed E-state index contributed by atoms with van der Waals surface area (Å²) in [5, 5.41) is 4.15. The zero-order valence-corrected chi connectivity index (χ0v) is 9.80. The third kappa shape index (κ3) is 2.35. The first-order chi connectivity index (χ1) is 7.33. The largest absolute Gasteiger partial charge is 0.381 e. The van der Waals surface area contributed by atoms with E-state index >= 15 is 0 Å². The molecule has 2 rings (SSSR count). The van der Waals surface area contributed by atoms with Crippen LogP contribution in [0.3, 0.4) is 0 Å². The zero-order valence-electron chi connectivity index (χ0n) is 8.98. The quantitative estimate of drug-likeness (QED) is 0.847. The molecule has 2 N–H and O–H groups in total. The molecular weight excluding hydrogens is 210 g/mol. The molecule has 5 heteroatoms. The summed E-state index contributed by atoms with van der Waals surface area (Å²) < 4.78 is 9.36. The number of hydrogen-bond acceptors (Lipinski definition) is 5. The Kier molecular flexibility index (Phi) is 3.66. The molecule has 1 aliphatic heterocycles. The average molecular weight is 227 g/mol. The van der Waals surface area contributed by atoms with Gasteiger partial charge in [-0.2, -0.15) is 0 Å². The Morgan fingerprint density at radius 2 is 2.53 bits per heavy atom. The summed E-state index contributed by atoms with van der Waals surface area (Å²) >= 11 is 1.44. The predicted molar refractivity (Wildman–Crippen MR) is 59.8 cm³/mol. The predicted octanol–water partition coefficient (Wildman–Crippen LogP) is 1.53. The van der Waals surface area contributed by atoms with Gasteiger partial charge in [-0.1, -0.05) is 17.8 Å². The molecule has 0 aromatic carbocycles. The highest BCUT2D eigenvalue weighted by molar-refractivity contribution is 7.05. The topological polar surface area (TPSA) is 61.0 Å². The van der Waals surface area contributed by atoms with Crippen LogP contribution >= 0.6 is 11.5 Å². The second-order valence-corrected chi connectivity index (χ2v) is 4.77. The monoisotopic (exact) mass is 227 g/mol. The average Bonchev–Trinajstić information content (AvgIpc) is 2.87. The highest BCUT2D eigenvalue weighted by Crippen LogP contribution is 2.30. The van der Waals surface area contributed by atoms with Gasteiger partial charge in [0.25, 0.3) is 0 Å². The van der Waals surface area contributed by atoms with Gasteiger partial charge in [0.1, 0.15) is 0 Å². The van der Waals surface area contributed by atoms with Crippen LogP contribution in [-0.4, -0.2) is 22.8 Å². The Hall–Kier alpha value is -0.520. The Bertz CT molecular complexity index is 309. The van der Waals surface area contributed by atoms with E-state index in [0.29, 0.717) is 5.92 Å². The van der Waals surface area contributed by atoms with Crippen LogP contribution in [0.15, 0.2) is 0 Å². The van der Waals surface area contributed by atoms with Gasteiger partial charge in [-0.3, -0.25) is 0 Å². The summed E-state index contributed by atoms with van der Waals surface area (Å²) in [6, 6.07) is 0.0639. The van der Waals surface area contributed by atoms with Gasteiger partial charge in [-0.15, -0.1) is 5.10 Å². The molecule has 2 atom stereocenters. The van der Waals surface area contributed by atoms with Crippen LogP contribution in [0.4, 0.5) is 0 Å². The van der Waals surface area contributed by atoms with E-state index in [1.54, 1.807) is 0 Å². The first kappa shape index (κ1) is 11.0. The van der Waals surface area contributed by atoms with Crippen molar-refractivity contribution in [2.45, 2.75) is 32.2 Å². The molecule has 2 unspecified atom stereocenters. The van der Waals surface area contributed by atoms with Gasteiger partial charge in [0.05, 0.1) is 17.2 Å². The fourth-order valence-corrected chi connectivity index (χ4v) is 2.72. The van der Waals surface area contributed by atoms with E-state index < -0.39 is 0 Å². The van der Waals surface area contributed by atoms with Crippen molar-refractivity contribution in [3.8, 4) is 0 Å². The van der Waals surface area contributed by atoms with Crippen LogP contribution in [-0.2, 0) is 11.2 Å². The molecule has 1 fully saturated rings. The van der Waals surface area contributed by atoms with Crippen molar-refractivity contribution < 1.29 is 4.74 Å². The van der Waals surface area contributed by atoms with Gasteiger partial charge >= 0.3 is 0 Å². The molecule has 15 heavy (non-hydrogen) atoms. The number of aryl methyl sites for hydroxylation is 1. The molecule has 0 saturated carbocycles. The van der Waals surface area contributed by atoms with Crippen molar-refractivity contribution in [3.05, 3.63) is 10.6 Å². The third-order valence-corrected chi connectivity index (χ3v) is 3.72. The Morgan fingerprint density at radius 3 is 3.20 bits per heavy atom. The van der Waals surface area contributed by atoms with E-state index in [2.05, 4.69) is 16.5 Å². The molecular formula is C10H17N3OS. The second kappa shape index (κ2) is 5.01. The van der Waals surface area contributed by atoms with Crippen LogP contribution < -0.4 is 5.73 Å². The van der Waals surface area contributed by atoms with Crippen molar-refractivity contribution in [1.82, 2.24) is 9.59 Å². The minimum absolute atomic E-state index is 0.0639. The lowest BCUT2D eigenvalue weighted by molar-refractivity contribution is 0.181. The molecule has 1 aliphatic rings. The minimum Gasteiger partial charge on any atom is -0.381 e. The molecule has 84 valence electrons. The highest BCUT2D eigenvalue weighted by Gasteiger charge is 2.27.